The molecule has 0 aliphatic heterocycles. The first-order valence-corrected chi connectivity index (χ1v) is 10.3. The van der Waals surface area contributed by atoms with E-state index in [2.05, 4.69) is 15.3 Å². The summed E-state index contributed by atoms with van der Waals surface area (Å²) >= 11 is 0. The van der Waals surface area contributed by atoms with E-state index >= 15 is 0 Å². The Morgan fingerprint density at radius 1 is 1.28 bits per heavy atom. The van der Waals surface area contributed by atoms with Crippen LogP contribution in [-0.2, 0) is 17.6 Å². The number of rotatable bonds is 6. The highest BCUT2D eigenvalue weighted by Gasteiger charge is 2.23. The maximum atomic E-state index is 13.1. The second-order valence-corrected chi connectivity index (χ2v) is 7.65. The van der Waals surface area contributed by atoms with Gasteiger partial charge in [-0.05, 0) is 49.6 Å². The topological polar surface area (TPSA) is 109 Å². The number of aromatic nitrogens is 3. The molecule has 0 spiro atoms. The van der Waals surface area contributed by atoms with E-state index in [1.165, 1.54) is 24.3 Å². The zero-order valence-electron chi connectivity index (χ0n) is 18.0. The molecule has 1 amide bonds. The third kappa shape index (κ3) is 4.56. The summed E-state index contributed by atoms with van der Waals surface area (Å²) in [5, 5.41) is 2.78. The molecule has 1 aromatic carbocycles. The smallest absolute Gasteiger partial charge is 0.243 e. The van der Waals surface area contributed by atoms with Gasteiger partial charge >= 0.3 is 0 Å². The monoisotopic (exact) mass is 433 g/mol. The number of anilines is 3. The van der Waals surface area contributed by atoms with Crippen LogP contribution in [0.15, 0.2) is 41.5 Å². The Balaban J connectivity index is 1.61. The van der Waals surface area contributed by atoms with Crippen molar-refractivity contribution in [1.29, 1.82) is 0 Å². The van der Waals surface area contributed by atoms with Crippen LogP contribution in [0, 0.1) is 5.82 Å². The number of likely N-dealkylation sites (N-methyl/N-ethyl adjacent to an activating group) is 1. The lowest BCUT2D eigenvalue weighted by Gasteiger charge is -2.21. The number of nitrogens with zero attached hydrogens (tertiary/aromatic N) is 5. The number of benzene rings is 1. The number of amides is 1. The van der Waals surface area contributed by atoms with Gasteiger partial charge in [-0.3, -0.25) is 14.8 Å². The van der Waals surface area contributed by atoms with Crippen LogP contribution in [0.2, 0.25) is 0 Å². The van der Waals surface area contributed by atoms with Crippen molar-refractivity contribution in [3.63, 3.8) is 0 Å². The molecule has 164 valence electrons. The fourth-order valence-corrected chi connectivity index (χ4v) is 3.72. The minimum Gasteiger partial charge on any atom is -0.397 e. The van der Waals surface area contributed by atoms with Crippen LogP contribution in [0.25, 0.3) is 11.5 Å². The summed E-state index contributed by atoms with van der Waals surface area (Å²) in [5.74, 6) is 0.616. The summed E-state index contributed by atoms with van der Waals surface area (Å²) in [6.07, 6.45) is 5.94. The molecule has 2 heterocycles. The number of hydrogen-bond donors (Lipinski definition) is 2. The zero-order valence-corrected chi connectivity index (χ0v) is 18.0. The van der Waals surface area contributed by atoms with Crippen LogP contribution in [-0.4, -0.2) is 47.7 Å². The number of nitrogen functional groups attached to an aromatic ring is 1. The number of halogens is 1. The van der Waals surface area contributed by atoms with E-state index in [4.69, 9.17) is 15.7 Å². The van der Waals surface area contributed by atoms with E-state index < -0.39 is 0 Å². The Bertz CT molecular complexity index is 1180. The van der Waals surface area contributed by atoms with Gasteiger partial charge in [0.05, 0.1) is 18.4 Å². The number of fused-ring (bicyclic) bond motifs is 1. The predicted molar refractivity (Wildman–Crippen MR) is 124 cm³/mol. The van der Waals surface area contributed by atoms with Crippen LogP contribution in [0.1, 0.15) is 23.2 Å². The molecule has 0 radical (unpaired) electrons. The molecular weight excluding hydrogens is 409 g/mol. The normalized spacial score (nSPS) is 12.7. The van der Waals surface area contributed by atoms with Gasteiger partial charge < -0.3 is 16.0 Å². The molecule has 1 aliphatic carbocycles. The molecule has 2 aromatic heterocycles. The molecule has 9 heteroatoms. The number of aryl methyl sites for hydroxylation is 1. The molecule has 1 aliphatic rings. The van der Waals surface area contributed by atoms with Gasteiger partial charge in [0.25, 0.3) is 0 Å². The molecule has 0 saturated carbocycles. The number of aliphatic imine (C=N–C) groups is 1. The van der Waals surface area contributed by atoms with Gasteiger partial charge in [-0.25, -0.2) is 14.4 Å². The summed E-state index contributed by atoms with van der Waals surface area (Å²) in [6, 6.07) is 7.47. The van der Waals surface area contributed by atoms with E-state index in [0.717, 1.165) is 36.1 Å². The summed E-state index contributed by atoms with van der Waals surface area (Å²) in [5.41, 5.74) is 10.4. The summed E-state index contributed by atoms with van der Waals surface area (Å²) in [6.45, 7) is 0.0865. The molecule has 0 unspecified atom stereocenters. The average molecular weight is 433 g/mol. The number of nitrogens with one attached hydrogen (secondary N) is 1. The third-order valence-electron chi connectivity index (χ3n) is 5.25. The first kappa shape index (κ1) is 21.4. The highest BCUT2D eigenvalue weighted by atomic mass is 19.1. The summed E-state index contributed by atoms with van der Waals surface area (Å²) < 4.78 is 13.1. The highest BCUT2D eigenvalue weighted by molar-refractivity contribution is 5.94. The van der Waals surface area contributed by atoms with Crippen LogP contribution in [0.4, 0.5) is 21.6 Å². The second-order valence-electron chi connectivity index (χ2n) is 7.65. The van der Waals surface area contributed by atoms with Crippen LogP contribution < -0.4 is 16.0 Å². The first-order chi connectivity index (χ1) is 15.4. The van der Waals surface area contributed by atoms with Crippen molar-refractivity contribution in [2.24, 2.45) is 4.99 Å². The maximum absolute atomic E-state index is 13.1. The first-order valence-electron chi connectivity index (χ1n) is 10.3. The molecular formula is C23H24FN7O. The van der Waals surface area contributed by atoms with Crippen molar-refractivity contribution in [3.8, 4) is 11.5 Å². The van der Waals surface area contributed by atoms with Crippen molar-refractivity contribution in [3.05, 3.63) is 59.2 Å². The van der Waals surface area contributed by atoms with Crippen LogP contribution >= 0.6 is 0 Å². The van der Waals surface area contributed by atoms with Gasteiger partial charge in [-0.2, -0.15) is 0 Å². The number of pyridine rings is 1. The lowest BCUT2D eigenvalue weighted by atomic mass is 10.2. The molecule has 32 heavy (non-hydrogen) atoms. The lowest BCUT2D eigenvalue weighted by Crippen LogP contribution is -2.31. The highest BCUT2D eigenvalue weighted by Crippen LogP contribution is 2.31. The number of nitrogens with two attached hydrogens (primary N) is 1. The van der Waals surface area contributed by atoms with Crippen LogP contribution in [0.5, 0.6) is 0 Å². The van der Waals surface area contributed by atoms with Gasteiger partial charge in [-0.1, -0.05) is 0 Å². The SMILES string of the molecule is CN=Cc1cc(-c2nc3c(c(N(C)CC(=O)Nc4ccc(F)cc4)n2)CCC3)ncc1N. The minimum absolute atomic E-state index is 0.0865. The lowest BCUT2D eigenvalue weighted by molar-refractivity contribution is -0.114. The molecule has 4 rings (SSSR count). The number of carbonyl (C=O) groups is 1. The number of carbonyl (C=O) groups excluding carboxylic acids is 1. The molecule has 0 atom stereocenters. The summed E-state index contributed by atoms with van der Waals surface area (Å²) in [4.78, 5) is 32.3. The molecule has 3 N–H and O–H groups in total. The Morgan fingerprint density at radius 2 is 2.06 bits per heavy atom. The fraction of sp³-hybridized carbons (Fsp3) is 0.261. The standard InChI is InChI=1S/C23H24FN7O/c1-26-11-14-10-20(27-12-18(14)25)22-29-19-5-3-4-17(19)23(30-22)31(2)13-21(32)28-16-8-6-15(24)7-9-16/h6-12H,3-5,13,25H2,1-2H3,(H,28,32). The Kier molecular flexibility index (Phi) is 6.07. The number of hydrogen-bond acceptors (Lipinski definition) is 7. The van der Waals surface area contributed by atoms with Gasteiger partial charge in [0, 0.05) is 42.8 Å². The Hall–Kier alpha value is -3.88. The fourth-order valence-electron chi connectivity index (χ4n) is 3.72. The average Bonchev–Trinajstić information content (AvgIpc) is 3.25. The van der Waals surface area contributed by atoms with Crippen molar-refractivity contribution >= 4 is 29.3 Å². The van der Waals surface area contributed by atoms with Crippen molar-refractivity contribution < 1.29 is 9.18 Å². The Morgan fingerprint density at radius 3 is 2.81 bits per heavy atom. The quantitative estimate of drug-likeness (QED) is 0.579. The van der Waals surface area contributed by atoms with E-state index in [1.807, 2.05) is 13.1 Å². The zero-order chi connectivity index (χ0) is 22.7. The van der Waals surface area contributed by atoms with Crippen molar-refractivity contribution in [2.45, 2.75) is 19.3 Å². The molecule has 3 aromatic rings. The van der Waals surface area contributed by atoms with Crippen molar-refractivity contribution in [2.75, 3.05) is 36.6 Å². The van der Waals surface area contributed by atoms with Gasteiger partial charge in [0.1, 0.15) is 17.3 Å². The maximum Gasteiger partial charge on any atom is 0.243 e. The minimum atomic E-state index is -0.353. The molecule has 0 bridgehead atoms. The van der Waals surface area contributed by atoms with Crippen molar-refractivity contribution in [1.82, 2.24) is 15.0 Å². The molecule has 8 nitrogen and oxygen atoms in total. The van der Waals surface area contributed by atoms with Crippen LogP contribution in [0.3, 0.4) is 0 Å². The largest absolute Gasteiger partial charge is 0.397 e. The van der Waals surface area contributed by atoms with E-state index in [9.17, 15) is 9.18 Å². The van der Waals surface area contributed by atoms with E-state index in [0.29, 0.717) is 28.7 Å². The molecule has 0 saturated heterocycles. The van der Waals surface area contributed by atoms with E-state index in [1.54, 1.807) is 24.4 Å². The Labute approximate surface area is 185 Å². The molecule has 0 fully saturated rings. The van der Waals surface area contributed by atoms with E-state index in [-0.39, 0.29) is 18.3 Å². The van der Waals surface area contributed by atoms with Gasteiger partial charge in [-0.15, -0.1) is 0 Å². The summed E-state index contributed by atoms with van der Waals surface area (Å²) in [7, 11) is 3.50. The predicted octanol–water partition coefficient (Wildman–Crippen LogP) is 2.87. The van der Waals surface area contributed by atoms with Gasteiger partial charge in [0.15, 0.2) is 5.82 Å². The second kappa shape index (κ2) is 9.09. The third-order valence-corrected chi connectivity index (χ3v) is 5.25. The van der Waals surface area contributed by atoms with Gasteiger partial charge in [0.2, 0.25) is 5.91 Å².